The highest BCUT2D eigenvalue weighted by atomic mass is 35.5. The number of nitrogens with one attached hydrogen (secondary N) is 2. The zero-order chi connectivity index (χ0) is 19.9. The summed E-state index contributed by atoms with van der Waals surface area (Å²) < 4.78 is 0. The highest BCUT2D eigenvalue weighted by molar-refractivity contribution is 6.40. The second-order valence-corrected chi connectivity index (χ2v) is 7.27. The predicted octanol–water partition coefficient (Wildman–Crippen LogP) is 2.53. The first kappa shape index (κ1) is 20.2. The van der Waals surface area contributed by atoms with Gasteiger partial charge in [0.15, 0.2) is 0 Å². The van der Waals surface area contributed by atoms with Gasteiger partial charge in [-0.1, -0.05) is 35.9 Å². The van der Waals surface area contributed by atoms with Gasteiger partial charge in [-0.05, 0) is 36.8 Å². The molecule has 2 N–H and O–H groups in total. The van der Waals surface area contributed by atoms with E-state index in [1.165, 1.54) is 5.69 Å². The van der Waals surface area contributed by atoms with E-state index in [-0.39, 0.29) is 0 Å². The third-order valence-electron chi connectivity index (χ3n) is 4.86. The lowest BCUT2D eigenvalue weighted by Crippen LogP contribution is -2.49. The first-order valence-electron chi connectivity index (χ1n) is 9.40. The third-order valence-corrected chi connectivity index (χ3v) is 5.10. The molecule has 2 amide bonds. The van der Waals surface area contributed by atoms with Crippen molar-refractivity contribution in [3.05, 3.63) is 59.1 Å². The Balaban J connectivity index is 1.38. The van der Waals surface area contributed by atoms with Gasteiger partial charge in [0.2, 0.25) is 0 Å². The van der Waals surface area contributed by atoms with Crippen molar-refractivity contribution in [3.63, 3.8) is 0 Å². The van der Waals surface area contributed by atoms with Gasteiger partial charge in [-0.15, -0.1) is 0 Å². The molecule has 0 spiro atoms. The number of rotatable bonds is 5. The summed E-state index contributed by atoms with van der Waals surface area (Å²) in [6, 6.07) is 15.5. The van der Waals surface area contributed by atoms with E-state index in [9.17, 15) is 9.59 Å². The highest BCUT2D eigenvalue weighted by Gasteiger charge is 2.18. The molecule has 6 nitrogen and oxygen atoms in total. The van der Waals surface area contributed by atoms with Gasteiger partial charge in [-0.3, -0.25) is 14.5 Å². The van der Waals surface area contributed by atoms with Crippen molar-refractivity contribution in [1.82, 2.24) is 10.2 Å². The van der Waals surface area contributed by atoms with Crippen molar-refractivity contribution < 1.29 is 9.59 Å². The number of para-hydroxylation sites is 1. The van der Waals surface area contributed by atoms with Gasteiger partial charge in [0.25, 0.3) is 0 Å². The van der Waals surface area contributed by atoms with Crippen LogP contribution in [-0.2, 0) is 9.59 Å². The number of halogens is 1. The van der Waals surface area contributed by atoms with Crippen LogP contribution in [0.3, 0.4) is 0 Å². The molecule has 0 saturated carbocycles. The van der Waals surface area contributed by atoms with Crippen molar-refractivity contribution in [1.29, 1.82) is 0 Å². The summed E-state index contributed by atoms with van der Waals surface area (Å²) >= 11 is 5.94. The number of benzene rings is 2. The van der Waals surface area contributed by atoms with E-state index in [4.69, 9.17) is 11.6 Å². The molecule has 2 aromatic rings. The van der Waals surface area contributed by atoms with E-state index in [0.717, 1.165) is 38.3 Å². The zero-order valence-electron chi connectivity index (χ0n) is 16.0. The Hall–Kier alpha value is -2.57. The van der Waals surface area contributed by atoms with Gasteiger partial charge in [-0.25, -0.2) is 0 Å². The van der Waals surface area contributed by atoms with Gasteiger partial charge < -0.3 is 15.5 Å². The minimum absolute atomic E-state index is 0.437. The minimum atomic E-state index is -0.681. The van der Waals surface area contributed by atoms with Crippen LogP contribution in [0, 0.1) is 6.92 Å². The average Bonchev–Trinajstić information content (AvgIpc) is 2.72. The monoisotopic (exact) mass is 400 g/mol. The number of carbonyl (C=O) groups excluding carboxylic acids is 2. The van der Waals surface area contributed by atoms with Crippen LogP contribution < -0.4 is 15.5 Å². The molecule has 1 saturated heterocycles. The van der Waals surface area contributed by atoms with Crippen LogP contribution in [0.5, 0.6) is 0 Å². The largest absolute Gasteiger partial charge is 0.369 e. The molecule has 3 rings (SSSR count). The molecule has 2 aromatic carbocycles. The van der Waals surface area contributed by atoms with Crippen molar-refractivity contribution in [2.75, 3.05) is 49.5 Å². The van der Waals surface area contributed by atoms with Crippen LogP contribution in [0.1, 0.15) is 5.56 Å². The van der Waals surface area contributed by atoms with Gasteiger partial charge in [0, 0.05) is 55.7 Å². The van der Waals surface area contributed by atoms with Crippen molar-refractivity contribution in [3.8, 4) is 0 Å². The summed E-state index contributed by atoms with van der Waals surface area (Å²) in [6.45, 7) is 6.76. The van der Waals surface area contributed by atoms with E-state index < -0.39 is 11.8 Å². The van der Waals surface area contributed by atoms with Gasteiger partial charge in [-0.2, -0.15) is 0 Å². The third kappa shape index (κ3) is 5.47. The maximum absolute atomic E-state index is 12.1. The standard InChI is InChI=1S/C21H25ClN4O2/c1-16-7-8-17(22)15-19(16)24-21(28)20(27)23-9-10-25-11-13-26(14-12-25)18-5-3-2-4-6-18/h2-8,15H,9-14H2,1H3,(H,23,27)(H,24,28). The summed E-state index contributed by atoms with van der Waals surface area (Å²) in [6.07, 6.45) is 0. The number of aryl methyl sites for hydroxylation is 1. The van der Waals surface area contributed by atoms with E-state index in [1.807, 2.05) is 25.1 Å². The molecule has 1 aliphatic heterocycles. The molecule has 0 radical (unpaired) electrons. The zero-order valence-corrected chi connectivity index (χ0v) is 16.7. The number of carbonyl (C=O) groups is 2. The Kier molecular flexibility index (Phi) is 6.90. The van der Waals surface area contributed by atoms with Crippen LogP contribution >= 0.6 is 11.6 Å². The van der Waals surface area contributed by atoms with Crippen molar-refractivity contribution >= 4 is 34.8 Å². The fraction of sp³-hybridized carbons (Fsp3) is 0.333. The quantitative estimate of drug-likeness (QED) is 0.757. The Morgan fingerprint density at radius 1 is 1.00 bits per heavy atom. The molecule has 28 heavy (non-hydrogen) atoms. The van der Waals surface area contributed by atoms with E-state index >= 15 is 0 Å². The van der Waals surface area contributed by atoms with Crippen LogP contribution in [0.4, 0.5) is 11.4 Å². The average molecular weight is 401 g/mol. The molecule has 0 atom stereocenters. The second-order valence-electron chi connectivity index (χ2n) is 6.83. The highest BCUT2D eigenvalue weighted by Crippen LogP contribution is 2.20. The summed E-state index contributed by atoms with van der Waals surface area (Å²) in [4.78, 5) is 28.8. The van der Waals surface area contributed by atoms with Crippen LogP contribution in [0.15, 0.2) is 48.5 Å². The number of hydrogen-bond acceptors (Lipinski definition) is 4. The molecule has 1 heterocycles. The number of nitrogens with zero attached hydrogens (tertiary/aromatic N) is 2. The Morgan fingerprint density at radius 2 is 1.71 bits per heavy atom. The first-order valence-corrected chi connectivity index (χ1v) is 9.78. The summed E-state index contributed by atoms with van der Waals surface area (Å²) in [5, 5.41) is 5.81. The molecule has 0 aliphatic carbocycles. The Morgan fingerprint density at radius 3 is 2.43 bits per heavy atom. The molecule has 0 unspecified atom stereocenters. The smallest absolute Gasteiger partial charge is 0.313 e. The molecule has 7 heteroatoms. The molecule has 148 valence electrons. The summed E-state index contributed by atoms with van der Waals surface area (Å²) in [5.41, 5.74) is 2.63. The topological polar surface area (TPSA) is 64.7 Å². The van der Waals surface area contributed by atoms with Gasteiger partial charge in [0.1, 0.15) is 0 Å². The lowest BCUT2D eigenvalue weighted by Gasteiger charge is -2.36. The molecule has 0 bridgehead atoms. The van der Waals surface area contributed by atoms with Crippen LogP contribution in [-0.4, -0.2) is 56.0 Å². The van der Waals surface area contributed by atoms with Gasteiger partial charge >= 0.3 is 11.8 Å². The van der Waals surface area contributed by atoms with E-state index in [1.54, 1.807) is 18.2 Å². The van der Waals surface area contributed by atoms with E-state index in [2.05, 4.69) is 32.6 Å². The normalized spacial score (nSPS) is 14.6. The fourth-order valence-electron chi connectivity index (χ4n) is 3.18. The maximum atomic E-state index is 12.1. The number of piperazine rings is 1. The lowest BCUT2D eigenvalue weighted by molar-refractivity contribution is -0.136. The summed E-state index contributed by atoms with van der Waals surface area (Å²) in [5.74, 6) is -1.32. The fourth-order valence-corrected chi connectivity index (χ4v) is 3.36. The van der Waals surface area contributed by atoms with E-state index in [0.29, 0.717) is 17.3 Å². The van der Waals surface area contributed by atoms with Crippen molar-refractivity contribution in [2.24, 2.45) is 0 Å². The number of amides is 2. The Labute approximate surface area is 170 Å². The maximum Gasteiger partial charge on any atom is 0.313 e. The second kappa shape index (κ2) is 9.57. The number of anilines is 2. The Bertz CT molecular complexity index is 820. The van der Waals surface area contributed by atoms with Crippen molar-refractivity contribution in [2.45, 2.75) is 6.92 Å². The molecular formula is C21H25ClN4O2. The van der Waals surface area contributed by atoms with Crippen LogP contribution in [0.25, 0.3) is 0 Å². The SMILES string of the molecule is Cc1ccc(Cl)cc1NC(=O)C(=O)NCCN1CCN(c2ccccc2)CC1. The predicted molar refractivity (Wildman–Crippen MR) is 113 cm³/mol. The van der Waals surface area contributed by atoms with Crippen LogP contribution in [0.2, 0.25) is 5.02 Å². The molecule has 0 aromatic heterocycles. The van der Waals surface area contributed by atoms with Gasteiger partial charge in [0.05, 0.1) is 0 Å². The molecular weight excluding hydrogens is 376 g/mol. The lowest BCUT2D eigenvalue weighted by atomic mass is 10.2. The molecule has 1 fully saturated rings. The first-order chi connectivity index (χ1) is 13.5. The summed E-state index contributed by atoms with van der Waals surface area (Å²) in [7, 11) is 0. The molecule has 1 aliphatic rings. The minimum Gasteiger partial charge on any atom is -0.369 e. The number of hydrogen-bond donors (Lipinski definition) is 2.